The molecule has 0 N–H and O–H groups in total. The van der Waals surface area contributed by atoms with E-state index in [4.69, 9.17) is 5.26 Å². The van der Waals surface area contributed by atoms with Gasteiger partial charge in [-0.15, -0.1) is 0 Å². The first-order chi connectivity index (χ1) is 7.29. The largest absolute Gasteiger partial charge is 0.258 e. The number of aromatic nitrogens is 1. The Hall–Kier alpha value is -1.43. The molecule has 0 bridgehead atoms. The van der Waals surface area contributed by atoms with Crippen LogP contribution in [0.3, 0.4) is 0 Å². The molecule has 80 valence electrons. The molecule has 0 aliphatic carbocycles. The van der Waals surface area contributed by atoms with E-state index in [1.54, 1.807) is 0 Å². The third kappa shape index (κ3) is 3.32. The van der Waals surface area contributed by atoms with Crippen molar-refractivity contribution in [2.45, 2.75) is 39.0 Å². The number of hydrogen-bond acceptors (Lipinski definition) is 2. The van der Waals surface area contributed by atoms with Crippen LogP contribution in [0.25, 0.3) is 0 Å². The summed E-state index contributed by atoms with van der Waals surface area (Å²) in [4.78, 5) is 3.96. The Morgan fingerprint density at radius 3 is 2.87 bits per heavy atom. The van der Waals surface area contributed by atoms with E-state index in [9.17, 15) is 4.39 Å². The van der Waals surface area contributed by atoms with E-state index in [1.807, 2.05) is 6.07 Å². The normalized spacial score (nSPS) is 9.93. The monoisotopic (exact) mass is 206 g/mol. The van der Waals surface area contributed by atoms with Gasteiger partial charge in [-0.1, -0.05) is 26.2 Å². The lowest BCUT2D eigenvalue weighted by atomic mass is 10.1. The molecule has 0 unspecified atom stereocenters. The summed E-state index contributed by atoms with van der Waals surface area (Å²) in [6.45, 7) is 2.13. The van der Waals surface area contributed by atoms with Gasteiger partial charge in [0.15, 0.2) is 5.82 Å². The molecule has 0 aliphatic rings. The maximum atomic E-state index is 13.5. The van der Waals surface area contributed by atoms with Crippen molar-refractivity contribution in [1.29, 1.82) is 5.26 Å². The van der Waals surface area contributed by atoms with E-state index >= 15 is 0 Å². The van der Waals surface area contributed by atoms with Gasteiger partial charge in [-0.3, -0.25) is 4.98 Å². The second-order valence-corrected chi connectivity index (χ2v) is 3.54. The Kier molecular flexibility index (Phi) is 4.76. The molecule has 1 heterocycles. The Morgan fingerprint density at radius 1 is 1.40 bits per heavy atom. The molecule has 0 atom stereocenters. The Morgan fingerprint density at radius 2 is 2.20 bits per heavy atom. The fourth-order valence-corrected chi connectivity index (χ4v) is 1.47. The molecular formula is C12H15FN2. The molecular weight excluding hydrogens is 191 g/mol. The average molecular weight is 206 g/mol. The number of nitrogens with zero attached hydrogens (tertiary/aromatic N) is 2. The number of rotatable bonds is 5. The van der Waals surface area contributed by atoms with Gasteiger partial charge in [0.25, 0.3) is 0 Å². The lowest BCUT2D eigenvalue weighted by molar-refractivity contribution is 0.578. The standard InChI is InChI=1S/C12H15FN2/c1-2-3-4-5-6-11-12(13)10(9-14)7-8-15-11/h7-8H,2-6H2,1H3. The molecule has 0 fully saturated rings. The lowest BCUT2D eigenvalue weighted by Crippen LogP contribution is -1.98. The van der Waals surface area contributed by atoms with Crippen molar-refractivity contribution in [2.24, 2.45) is 0 Å². The van der Waals surface area contributed by atoms with Gasteiger partial charge in [0.2, 0.25) is 0 Å². The molecule has 3 heteroatoms. The molecule has 1 rings (SSSR count). The van der Waals surface area contributed by atoms with E-state index < -0.39 is 5.82 Å². The zero-order chi connectivity index (χ0) is 11.1. The van der Waals surface area contributed by atoms with Gasteiger partial charge in [0, 0.05) is 6.20 Å². The lowest BCUT2D eigenvalue weighted by Gasteiger charge is -2.02. The van der Waals surface area contributed by atoms with Gasteiger partial charge >= 0.3 is 0 Å². The fourth-order valence-electron chi connectivity index (χ4n) is 1.47. The first-order valence-corrected chi connectivity index (χ1v) is 5.33. The second kappa shape index (κ2) is 6.13. The number of hydrogen-bond donors (Lipinski definition) is 0. The van der Waals surface area contributed by atoms with Crippen LogP contribution < -0.4 is 0 Å². The summed E-state index contributed by atoms with van der Waals surface area (Å²) in [6, 6.07) is 3.23. The molecule has 0 aliphatic heterocycles. The topological polar surface area (TPSA) is 36.7 Å². The van der Waals surface area contributed by atoms with E-state index in [0.717, 1.165) is 19.3 Å². The number of nitriles is 1. The van der Waals surface area contributed by atoms with Crippen LogP contribution in [0.2, 0.25) is 0 Å². The predicted molar refractivity (Wildman–Crippen MR) is 56.8 cm³/mol. The van der Waals surface area contributed by atoms with Crippen molar-refractivity contribution in [3.8, 4) is 6.07 Å². The molecule has 0 aromatic carbocycles. The molecule has 0 amide bonds. The van der Waals surface area contributed by atoms with Crippen LogP contribution in [-0.4, -0.2) is 4.98 Å². The number of halogens is 1. The summed E-state index contributed by atoms with van der Waals surface area (Å²) in [5, 5.41) is 8.63. The minimum atomic E-state index is -0.448. The van der Waals surface area contributed by atoms with Crippen molar-refractivity contribution < 1.29 is 4.39 Å². The minimum absolute atomic E-state index is 0.0930. The van der Waals surface area contributed by atoms with Gasteiger partial charge in [-0.05, 0) is 18.9 Å². The quantitative estimate of drug-likeness (QED) is 0.693. The van der Waals surface area contributed by atoms with Gasteiger partial charge in [0.05, 0.1) is 11.3 Å². The van der Waals surface area contributed by atoms with Crippen LogP contribution in [0.15, 0.2) is 12.3 Å². The van der Waals surface area contributed by atoms with Gasteiger partial charge in [-0.2, -0.15) is 5.26 Å². The number of unbranched alkanes of at least 4 members (excludes halogenated alkanes) is 3. The highest BCUT2D eigenvalue weighted by molar-refractivity contribution is 5.30. The van der Waals surface area contributed by atoms with Crippen molar-refractivity contribution in [2.75, 3.05) is 0 Å². The minimum Gasteiger partial charge on any atom is -0.258 e. The summed E-state index contributed by atoms with van der Waals surface area (Å²) < 4.78 is 13.5. The van der Waals surface area contributed by atoms with E-state index in [1.165, 1.54) is 18.7 Å². The maximum absolute atomic E-state index is 13.5. The third-order valence-electron chi connectivity index (χ3n) is 2.35. The van der Waals surface area contributed by atoms with Crippen molar-refractivity contribution in [1.82, 2.24) is 4.98 Å². The molecule has 0 saturated carbocycles. The molecule has 0 saturated heterocycles. The first kappa shape index (κ1) is 11.6. The van der Waals surface area contributed by atoms with Crippen LogP contribution >= 0.6 is 0 Å². The molecule has 0 radical (unpaired) electrons. The number of aryl methyl sites for hydroxylation is 1. The zero-order valence-corrected chi connectivity index (χ0v) is 8.96. The van der Waals surface area contributed by atoms with Crippen LogP contribution in [0.1, 0.15) is 43.9 Å². The molecule has 0 spiro atoms. The highest BCUT2D eigenvalue weighted by atomic mass is 19.1. The third-order valence-corrected chi connectivity index (χ3v) is 2.35. The van der Waals surface area contributed by atoms with Crippen LogP contribution in [0, 0.1) is 17.1 Å². The molecule has 1 aromatic heterocycles. The van der Waals surface area contributed by atoms with Gasteiger partial charge in [0.1, 0.15) is 6.07 Å². The van der Waals surface area contributed by atoms with E-state index in [-0.39, 0.29) is 5.56 Å². The summed E-state index contributed by atoms with van der Waals surface area (Å²) in [7, 11) is 0. The smallest absolute Gasteiger partial charge is 0.162 e. The Balaban J connectivity index is 2.58. The summed E-state index contributed by atoms with van der Waals surface area (Å²) in [5.74, 6) is -0.448. The van der Waals surface area contributed by atoms with Crippen molar-refractivity contribution in [3.63, 3.8) is 0 Å². The van der Waals surface area contributed by atoms with E-state index in [0.29, 0.717) is 12.1 Å². The number of pyridine rings is 1. The summed E-state index contributed by atoms with van der Waals surface area (Å²) in [6.07, 6.45) is 6.48. The Labute approximate surface area is 89.8 Å². The summed E-state index contributed by atoms with van der Waals surface area (Å²) >= 11 is 0. The predicted octanol–water partition coefficient (Wildman–Crippen LogP) is 3.22. The highest BCUT2D eigenvalue weighted by Gasteiger charge is 2.08. The molecule has 1 aromatic rings. The first-order valence-electron chi connectivity index (χ1n) is 5.33. The SMILES string of the molecule is CCCCCCc1nccc(C#N)c1F. The van der Waals surface area contributed by atoms with Crippen LogP contribution in [0.5, 0.6) is 0 Å². The fraction of sp³-hybridized carbons (Fsp3) is 0.500. The Bertz CT molecular complexity index is 355. The zero-order valence-electron chi connectivity index (χ0n) is 8.96. The van der Waals surface area contributed by atoms with Gasteiger partial charge < -0.3 is 0 Å². The van der Waals surface area contributed by atoms with Crippen molar-refractivity contribution in [3.05, 3.63) is 29.3 Å². The van der Waals surface area contributed by atoms with E-state index in [2.05, 4.69) is 11.9 Å². The average Bonchev–Trinajstić information content (AvgIpc) is 2.26. The van der Waals surface area contributed by atoms with Gasteiger partial charge in [-0.25, -0.2) is 4.39 Å². The maximum Gasteiger partial charge on any atom is 0.162 e. The van der Waals surface area contributed by atoms with Crippen molar-refractivity contribution >= 4 is 0 Å². The van der Waals surface area contributed by atoms with Crippen LogP contribution in [-0.2, 0) is 6.42 Å². The highest BCUT2D eigenvalue weighted by Crippen LogP contribution is 2.12. The molecule has 15 heavy (non-hydrogen) atoms. The molecule has 2 nitrogen and oxygen atoms in total. The summed E-state index contributed by atoms with van der Waals surface area (Å²) in [5.41, 5.74) is 0.514. The van der Waals surface area contributed by atoms with Crippen LogP contribution in [0.4, 0.5) is 4.39 Å². The second-order valence-electron chi connectivity index (χ2n) is 3.54.